The van der Waals surface area contributed by atoms with Gasteiger partial charge in [-0.2, -0.15) is 0 Å². The maximum atomic E-state index is 6.06. The normalized spacial score (nSPS) is 31.8. The highest BCUT2D eigenvalue weighted by Crippen LogP contribution is 2.41. The van der Waals surface area contributed by atoms with Crippen molar-refractivity contribution in [3.63, 3.8) is 0 Å². The number of hydrogen-bond acceptors (Lipinski definition) is 5. The Labute approximate surface area is 124 Å². The van der Waals surface area contributed by atoms with E-state index in [1.165, 1.54) is 4.88 Å². The molecule has 0 saturated carbocycles. The molecule has 3 rings (SSSR count). The van der Waals surface area contributed by atoms with Gasteiger partial charge in [0, 0.05) is 36.8 Å². The summed E-state index contributed by atoms with van der Waals surface area (Å²) >= 11 is 1.81. The lowest BCUT2D eigenvalue weighted by molar-refractivity contribution is -0.103. The van der Waals surface area contributed by atoms with Gasteiger partial charge in [-0.3, -0.25) is 0 Å². The predicted octanol–water partition coefficient (Wildman–Crippen LogP) is 2.69. The van der Waals surface area contributed by atoms with Crippen molar-refractivity contribution in [3.8, 4) is 0 Å². The summed E-state index contributed by atoms with van der Waals surface area (Å²) in [7, 11) is 0. The van der Waals surface area contributed by atoms with E-state index in [9.17, 15) is 0 Å². The maximum absolute atomic E-state index is 6.06. The van der Waals surface area contributed by atoms with Crippen LogP contribution in [0.4, 0.5) is 0 Å². The number of nitrogens with zero attached hydrogens (tertiary/aromatic N) is 1. The largest absolute Gasteiger partial charge is 0.378 e. The summed E-state index contributed by atoms with van der Waals surface area (Å²) in [6, 6.07) is 0.410. The molecule has 2 aliphatic heterocycles. The number of hydrogen-bond donors (Lipinski definition) is 1. The van der Waals surface area contributed by atoms with Gasteiger partial charge in [0.25, 0.3) is 0 Å². The Morgan fingerprint density at radius 2 is 2.45 bits per heavy atom. The van der Waals surface area contributed by atoms with Gasteiger partial charge >= 0.3 is 0 Å². The monoisotopic (exact) mass is 296 g/mol. The molecule has 5 heteroatoms. The third-order valence-corrected chi connectivity index (χ3v) is 5.44. The third-order valence-electron chi connectivity index (χ3n) is 4.44. The lowest BCUT2D eigenvalue weighted by atomic mass is 9.80. The summed E-state index contributed by atoms with van der Waals surface area (Å²) in [5.41, 5.74) is -0.0175. The molecule has 3 unspecified atom stereocenters. The second-order valence-corrected chi connectivity index (χ2v) is 7.17. The summed E-state index contributed by atoms with van der Waals surface area (Å²) in [6.45, 7) is 7.71. The molecule has 0 aliphatic carbocycles. The van der Waals surface area contributed by atoms with Gasteiger partial charge in [-0.25, -0.2) is 4.98 Å². The van der Waals surface area contributed by atoms with E-state index in [1.54, 1.807) is 0 Å². The molecule has 0 amide bonds. The van der Waals surface area contributed by atoms with Crippen molar-refractivity contribution in [1.29, 1.82) is 0 Å². The van der Waals surface area contributed by atoms with Crippen LogP contribution in [0.1, 0.15) is 42.1 Å². The molecule has 2 aliphatic rings. The summed E-state index contributed by atoms with van der Waals surface area (Å²) < 4.78 is 11.6. The molecule has 0 aromatic carbocycles. The minimum atomic E-state index is -0.0175. The van der Waals surface area contributed by atoms with Crippen LogP contribution in [0, 0.1) is 12.8 Å². The summed E-state index contributed by atoms with van der Waals surface area (Å²) in [6.07, 6.45) is 5.31. The van der Waals surface area contributed by atoms with E-state index in [-0.39, 0.29) is 5.60 Å². The molecule has 2 saturated heterocycles. The van der Waals surface area contributed by atoms with Crippen LogP contribution < -0.4 is 5.32 Å². The summed E-state index contributed by atoms with van der Waals surface area (Å²) in [5.74, 6) is 0.616. The Hall–Kier alpha value is -0.490. The Morgan fingerprint density at radius 1 is 1.55 bits per heavy atom. The fraction of sp³-hybridized carbons (Fsp3) is 0.800. The second-order valence-electron chi connectivity index (χ2n) is 5.90. The van der Waals surface area contributed by atoms with E-state index in [0.29, 0.717) is 12.0 Å². The van der Waals surface area contributed by atoms with Gasteiger partial charge in [0.15, 0.2) is 0 Å². The highest BCUT2D eigenvalue weighted by atomic mass is 32.1. The van der Waals surface area contributed by atoms with Crippen molar-refractivity contribution >= 4 is 11.3 Å². The Morgan fingerprint density at radius 3 is 3.10 bits per heavy atom. The quantitative estimate of drug-likeness (QED) is 0.928. The molecule has 0 bridgehead atoms. The smallest absolute Gasteiger partial charge is 0.0940 e. The van der Waals surface area contributed by atoms with Crippen LogP contribution in [-0.4, -0.2) is 37.0 Å². The van der Waals surface area contributed by atoms with E-state index in [0.717, 1.165) is 50.6 Å². The highest BCUT2D eigenvalue weighted by Gasteiger charge is 2.43. The molecule has 1 N–H and O–H groups in total. The molecule has 1 aromatic rings. The van der Waals surface area contributed by atoms with Crippen LogP contribution in [-0.2, 0) is 9.47 Å². The van der Waals surface area contributed by atoms with Gasteiger partial charge in [-0.05, 0) is 32.2 Å². The van der Waals surface area contributed by atoms with Crippen molar-refractivity contribution < 1.29 is 9.47 Å². The molecule has 4 nitrogen and oxygen atoms in total. The van der Waals surface area contributed by atoms with Gasteiger partial charge < -0.3 is 14.8 Å². The molecule has 2 fully saturated rings. The van der Waals surface area contributed by atoms with E-state index >= 15 is 0 Å². The molecular formula is C15H24N2O2S. The zero-order valence-corrected chi connectivity index (χ0v) is 13.2. The molecule has 1 spiro atoms. The van der Waals surface area contributed by atoms with E-state index in [2.05, 4.69) is 24.1 Å². The van der Waals surface area contributed by atoms with E-state index in [4.69, 9.17) is 9.47 Å². The predicted molar refractivity (Wildman–Crippen MR) is 80.1 cm³/mol. The van der Waals surface area contributed by atoms with Crippen molar-refractivity contribution in [2.24, 2.45) is 5.92 Å². The lowest BCUT2D eigenvalue weighted by Crippen LogP contribution is -2.44. The Kier molecular flexibility index (Phi) is 4.40. The minimum absolute atomic E-state index is 0.0175. The van der Waals surface area contributed by atoms with Crippen LogP contribution in [0.15, 0.2) is 6.20 Å². The van der Waals surface area contributed by atoms with E-state index < -0.39 is 0 Å². The first-order chi connectivity index (χ1) is 9.72. The fourth-order valence-corrected chi connectivity index (χ4v) is 4.41. The lowest BCUT2D eigenvalue weighted by Gasteiger charge is -2.40. The number of ether oxygens (including phenoxy) is 2. The first kappa shape index (κ1) is 14.4. The van der Waals surface area contributed by atoms with Crippen molar-refractivity contribution in [1.82, 2.24) is 10.3 Å². The SMILES string of the molecule is CCNC(c1cnc(C)s1)C1CCOC2(CCOC2)C1. The molecule has 0 radical (unpaired) electrons. The van der Waals surface area contributed by atoms with Crippen LogP contribution in [0.2, 0.25) is 0 Å². The third kappa shape index (κ3) is 2.91. The van der Waals surface area contributed by atoms with Crippen molar-refractivity contribution in [2.45, 2.75) is 44.8 Å². The molecule has 112 valence electrons. The number of thiazole rings is 1. The number of nitrogens with one attached hydrogen (secondary N) is 1. The number of aromatic nitrogens is 1. The van der Waals surface area contributed by atoms with E-state index in [1.807, 2.05) is 17.5 Å². The van der Waals surface area contributed by atoms with Crippen LogP contribution in [0.25, 0.3) is 0 Å². The first-order valence-corrected chi connectivity index (χ1v) is 8.41. The first-order valence-electron chi connectivity index (χ1n) is 7.60. The van der Waals surface area contributed by atoms with Crippen LogP contribution in [0.5, 0.6) is 0 Å². The number of rotatable bonds is 4. The Bertz CT molecular complexity index is 443. The molecular weight excluding hydrogens is 272 g/mol. The topological polar surface area (TPSA) is 43.4 Å². The number of aryl methyl sites for hydroxylation is 1. The van der Waals surface area contributed by atoms with Gasteiger partial charge in [-0.1, -0.05) is 6.92 Å². The van der Waals surface area contributed by atoms with Crippen molar-refractivity contribution in [2.75, 3.05) is 26.4 Å². The molecule has 20 heavy (non-hydrogen) atoms. The average Bonchev–Trinajstić information content (AvgIpc) is 3.06. The second kappa shape index (κ2) is 6.10. The van der Waals surface area contributed by atoms with Gasteiger partial charge in [0.2, 0.25) is 0 Å². The maximum Gasteiger partial charge on any atom is 0.0940 e. The molecule has 3 heterocycles. The summed E-state index contributed by atoms with van der Waals surface area (Å²) in [5, 5.41) is 4.81. The minimum Gasteiger partial charge on any atom is -0.378 e. The molecule has 1 aromatic heterocycles. The van der Waals surface area contributed by atoms with Crippen LogP contribution >= 0.6 is 11.3 Å². The zero-order valence-electron chi connectivity index (χ0n) is 12.4. The zero-order chi connectivity index (χ0) is 14.0. The van der Waals surface area contributed by atoms with Gasteiger partial charge in [-0.15, -0.1) is 11.3 Å². The average molecular weight is 296 g/mol. The standard InChI is InChI=1S/C15H24N2O2S/c1-3-16-14(13-9-17-11(2)20-13)12-4-6-19-15(8-12)5-7-18-10-15/h9,12,14,16H,3-8,10H2,1-2H3. The van der Waals surface area contributed by atoms with Gasteiger partial charge in [0.1, 0.15) is 0 Å². The van der Waals surface area contributed by atoms with Gasteiger partial charge in [0.05, 0.1) is 17.2 Å². The van der Waals surface area contributed by atoms with Crippen molar-refractivity contribution in [3.05, 3.63) is 16.1 Å². The van der Waals surface area contributed by atoms with Crippen LogP contribution in [0.3, 0.4) is 0 Å². The fourth-order valence-electron chi connectivity index (χ4n) is 3.45. The summed E-state index contributed by atoms with van der Waals surface area (Å²) in [4.78, 5) is 5.79. The molecule has 3 atom stereocenters. The Balaban J connectivity index is 1.76. The highest BCUT2D eigenvalue weighted by molar-refractivity contribution is 7.11.